The first-order valence-corrected chi connectivity index (χ1v) is 8.34. The van der Waals surface area contributed by atoms with E-state index in [1.165, 1.54) is 6.07 Å². The standard InChI is InChI=1S/C15H20N2O2S/c1-11(2)14-5-4-8-17(14)20(18,19)15-9-13(10-16)7-6-12(15)3/h6-7,9,11,14H,4-5,8H2,1-3H3. The Morgan fingerprint density at radius 3 is 2.70 bits per heavy atom. The van der Waals surface area contributed by atoms with E-state index in [4.69, 9.17) is 5.26 Å². The number of hydrogen-bond acceptors (Lipinski definition) is 3. The van der Waals surface area contributed by atoms with Crippen LogP contribution in [0.2, 0.25) is 0 Å². The third kappa shape index (κ3) is 2.58. The Labute approximate surface area is 121 Å². The lowest BCUT2D eigenvalue weighted by molar-refractivity contribution is 0.315. The zero-order valence-corrected chi connectivity index (χ0v) is 12.9. The normalized spacial score (nSPS) is 20.2. The molecule has 0 aromatic heterocycles. The molecule has 20 heavy (non-hydrogen) atoms. The molecule has 2 rings (SSSR count). The van der Waals surface area contributed by atoms with Gasteiger partial charge in [-0.2, -0.15) is 9.57 Å². The summed E-state index contributed by atoms with van der Waals surface area (Å²) in [6.07, 6.45) is 1.81. The SMILES string of the molecule is Cc1ccc(C#N)cc1S(=O)(=O)N1CCCC1C(C)C. The fourth-order valence-corrected chi connectivity index (χ4v) is 4.88. The minimum absolute atomic E-state index is 0.0603. The zero-order valence-electron chi connectivity index (χ0n) is 12.1. The molecule has 108 valence electrons. The predicted octanol–water partition coefficient (Wildman–Crippen LogP) is 2.68. The van der Waals surface area contributed by atoms with Crippen molar-refractivity contribution in [2.24, 2.45) is 5.92 Å². The first-order valence-electron chi connectivity index (χ1n) is 6.90. The van der Waals surface area contributed by atoms with E-state index in [1.807, 2.05) is 6.07 Å². The van der Waals surface area contributed by atoms with E-state index >= 15 is 0 Å². The fourth-order valence-electron chi connectivity index (χ4n) is 2.80. The molecule has 1 saturated heterocycles. The molecule has 1 unspecified atom stereocenters. The molecule has 1 aliphatic rings. The minimum atomic E-state index is -3.51. The average Bonchev–Trinajstić information content (AvgIpc) is 2.89. The molecule has 1 fully saturated rings. The van der Waals surface area contributed by atoms with Crippen molar-refractivity contribution >= 4 is 10.0 Å². The Balaban J connectivity index is 2.48. The van der Waals surface area contributed by atoms with Gasteiger partial charge in [0.15, 0.2) is 0 Å². The quantitative estimate of drug-likeness (QED) is 0.860. The summed E-state index contributed by atoms with van der Waals surface area (Å²) in [5.74, 6) is 0.298. The van der Waals surface area contributed by atoms with Crippen molar-refractivity contribution in [2.75, 3.05) is 6.54 Å². The molecule has 0 saturated carbocycles. The largest absolute Gasteiger partial charge is 0.243 e. The first kappa shape index (κ1) is 15.0. The third-order valence-electron chi connectivity index (χ3n) is 3.92. The van der Waals surface area contributed by atoms with Crippen LogP contribution >= 0.6 is 0 Å². The van der Waals surface area contributed by atoms with Crippen LogP contribution in [-0.2, 0) is 10.0 Å². The number of rotatable bonds is 3. The van der Waals surface area contributed by atoms with Crippen molar-refractivity contribution in [2.45, 2.75) is 44.6 Å². The summed E-state index contributed by atoms with van der Waals surface area (Å²) in [5.41, 5.74) is 1.08. The van der Waals surface area contributed by atoms with Crippen LogP contribution in [0.25, 0.3) is 0 Å². The monoisotopic (exact) mass is 292 g/mol. The van der Waals surface area contributed by atoms with Gasteiger partial charge < -0.3 is 0 Å². The van der Waals surface area contributed by atoms with E-state index in [-0.39, 0.29) is 10.9 Å². The summed E-state index contributed by atoms with van der Waals surface area (Å²) >= 11 is 0. The van der Waals surface area contributed by atoms with Crippen LogP contribution in [0, 0.1) is 24.2 Å². The van der Waals surface area contributed by atoms with Crippen LogP contribution < -0.4 is 0 Å². The molecule has 0 amide bonds. The first-order chi connectivity index (χ1) is 9.37. The van der Waals surface area contributed by atoms with Gasteiger partial charge >= 0.3 is 0 Å². The van der Waals surface area contributed by atoms with Gasteiger partial charge in [-0.1, -0.05) is 19.9 Å². The maximum Gasteiger partial charge on any atom is 0.243 e. The van der Waals surface area contributed by atoms with Crippen molar-refractivity contribution in [1.82, 2.24) is 4.31 Å². The van der Waals surface area contributed by atoms with Gasteiger partial charge in [0.2, 0.25) is 10.0 Å². The number of sulfonamides is 1. The molecule has 0 N–H and O–H groups in total. The molecule has 1 aliphatic heterocycles. The van der Waals surface area contributed by atoms with Gasteiger partial charge in [0, 0.05) is 12.6 Å². The summed E-state index contributed by atoms with van der Waals surface area (Å²) < 4.78 is 27.3. The molecule has 4 nitrogen and oxygen atoms in total. The van der Waals surface area contributed by atoms with Gasteiger partial charge in [0.05, 0.1) is 16.5 Å². The Morgan fingerprint density at radius 2 is 2.10 bits per heavy atom. The highest BCUT2D eigenvalue weighted by Crippen LogP contribution is 2.31. The van der Waals surface area contributed by atoms with Crippen LogP contribution in [0.5, 0.6) is 0 Å². The van der Waals surface area contributed by atoms with E-state index in [1.54, 1.807) is 23.4 Å². The summed E-state index contributed by atoms with van der Waals surface area (Å²) in [6.45, 7) is 6.45. The highest BCUT2D eigenvalue weighted by molar-refractivity contribution is 7.89. The molecule has 0 aliphatic carbocycles. The molecule has 1 aromatic rings. The van der Waals surface area contributed by atoms with E-state index in [9.17, 15) is 8.42 Å². The molecule has 0 bridgehead atoms. The lowest BCUT2D eigenvalue weighted by atomic mass is 10.0. The molecule has 5 heteroatoms. The number of benzene rings is 1. The predicted molar refractivity (Wildman–Crippen MR) is 77.6 cm³/mol. The second-order valence-electron chi connectivity index (χ2n) is 5.66. The highest BCUT2D eigenvalue weighted by Gasteiger charge is 2.37. The minimum Gasteiger partial charge on any atom is -0.207 e. The van der Waals surface area contributed by atoms with Crippen LogP contribution in [-0.4, -0.2) is 25.3 Å². The number of hydrogen-bond donors (Lipinski definition) is 0. The molecule has 0 spiro atoms. The highest BCUT2D eigenvalue weighted by atomic mass is 32.2. The van der Waals surface area contributed by atoms with Gasteiger partial charge in [0.25, 0.3) is 0 Å². The van der Waals surface area contributed by atoms with E-state index in [2.05, 4.69) is 13.8 Å². The lowest BCUT2D eigenvalue weighted by Crippen LogP contribution is -2.38. The average molecular weight is 292 g/mol. The zero-order chi connectivity index (χ0) is 14.9. The summed E-state index contributed by atoms with van der Waals surface area (Å²) in [4.78, 5) is 0.268. The summed E-state index contributed by atoms with van der Waals surface area (Å²) in [6, 6.07) is 6.91. The Hall–Kier alpha value is -1.38. The van der Waals surface area contributed by atoms with Crippen LogP contribution in [0.1, 0.15) is 37.8 Å². The number of nitrogens with zero attached hydrogens (tertiary/aromatic N) is 2. The van der Waals surface area contributed by atoms with Crippen molar-refractivity contribution < 1.29 is 8.42 Å². The maximum absolute atomic E-state index is 12.9. The molecule has 1 heterocycles. The molecule has 1 aromatic carbocycles. The van der Waals surface area contributed by atoms with Crippen molar-refractivity contribution in [3.05, 3.63) is 29.3 Å². The third-order valence-corrected chi connectivity index (χ3v) is 5.99. The second-order valence-corrected chi connectivity index (χ2v) is 7.52. The number of nitriles is 1. The lowest BCUT2D eigenvalue weighted by Gasteiger charge is -2.27. The van der Waals surface area contributed by atoms with Gasteiger partial charge in [-0.05, 0) is 43.4 Å². The molecule has 1 atom stereocenters. The van der Waals surface area contributed by atoms with Crippen molar-refractivity contribution in [3.63, 3.8) is 0 Å². The second kappa shape index (κ2) is 5.55. The van der Waals surface area contributed by atoms with Crippen LogP contribution in [0.3, 0.4) is 0 Å². The molecular weight excluding hydrogens is 272 g/mol. The summed E-state index contributed by atoms with van der Waals surface area (Å²) in [7, 11) is -3.51. The van der Waals surface area contributed by atoms with Crippen molar-refractivity contribution in [1.29, 1.82) is 5.26 Å². The van der Waals surface area contributed by atoms with E-state index in [0.29, 0.717) is 23.6 Å². The van der Waals surface area contributed by atoms with E-state index < -0.39 is 10.0 Å². The van der Waals surface area contributed by atoms with Crippen LogP contribution in [0.4, 0.5) is 0 Å². The molecular formula is C15H20N2O2S. The van der Waals surface area contributed by atoms with Gasteiger partial charge in [0.1, 0.15) is 0 Å². The Kier molecular flexibility index (Phi) is 4.17. The summed E-state index contributed by atoms with van der Waals surface area (Å²) in [5, 5.41) is 8.97. The van der Waals surface area contributed by atoms with Gasteiger partial charge in [-0.3, -0.25) is 0 Å². The fraction of sp³-hybridized carbons (Fsp3) is 0.533. The number of aryl methyl sites for hydroxylation is 1. The van der Waals surface area contributed by atoms with Crippen molar-refractivity contribution in [3.8, 4) is 6.07 Å². The van der Waals surface area contributed by atoms with Gasteiger partial charge in [-0.25, -0.2) is 8.42 Å². The molecule has 0 radical (unpaired) electrons. The van der Waals surface area contributed by atoms with Gasteiger partial charge in [-0.15, -0.1) is 0 Å². The van der Waals surface area contributed by atoms with Crippen LogP contribution in [0.15, 0.2) is 23.1 Å². The maximum atomic E-state index is 12.9. The topological polar surface area (TPSA) is 61.2 Å². The Morgan fingerprint density at radius 1 is 1.40 bits per heavy atom. The van der Waals surface area contributed by atoms with E-state index in [0.717, 1.165) is 12.8 Å². The Bertz CT molecular complexity index is 644. The smallest absolute Gasteiger partial charge is 0.207 e.